The summed E-state index contributed by atoms with van der Waals surface area (Å²) in [4.78, 5) is 43.5. The Balaban J connectivity index is 0.000000197. The second-order valence-electron chi connectivity index (χ2n) is 10.6. The first-order valence-corrected chi connectivity index (χ1v) is 14.8. The molecule has 0 aliphatic carbocycles. The van der Waals surface area contributed by atoms with E-state index < -0.39 is 23.3 Å². The number of hydrogen-bond acceptors (Lipinski definition) is 9. The van der Waals surface area contributed by atoms with E-state index in [9.17, 15) is 22.8 Å². The number of halogens is 3. The highest BCUT2D eigenvalue weighted by Crippen LogP contribution is 2.27. The van der Waals surface area contributed by atoms with E-state index in [4.69, 9.17) is 9.47 Å². The Bertz CT molecular complexity index is 2080. The maximum absolute atomic E-state index is 13.8. The SMILES string of the molecule is CC(F)(F)c1cccc(C(=O)Nc2cc(F)cc(Oc3cncnc3)c2)n1.Cc1cccc(C(=O)Nc2cccc(Oc3cncnc3)c2)c1. The van der Waals surface area contributed by atoms with Gasteiger partial charge in [0, 0.05) is 42.1 Å². The molecule has 0 bridgehead atoms. The normalized spacial score (nSPS) is 10.7. The van der Waals surface area contributed by atoms with Gasteiger partial charge < -0.3 is 20.1 Å². The number of amides is 2. The zero-order valence-electron chi connectivity index (χ0n) is 26.5. The molecule has 3 heterocycles. The van der Waals surface area contributed by atoms with Crippen LogP contribution >= 0.6 is 0 Å². The van der Waals surface area contributed by atoms with E-state index in [1.807, 2.05) is 37.3 Å². The third-order valence-corrected chi connectivity index (χ3v) is 6.48. The fourth-order valence-electron chi connectivity index (χ4n) is 4.27. The minimum atomic E-state index is -3.19. The number of carbonyl (C=O) groups excluding carboxylic acids is 2. The third-order valence-electron chi connectivity index (χ3n) is 6.48. The maximum atomic E-state index is 13.8. The van der Waals surface area contributed by atoms with Crippen molar-refractivity contribution in [1.29, 1.82) is 0 Å². The Hall–Kier alpha value is -6.70. The van der Waals surface area contributed by atoms with E-state index in [0.29, 0.717) is 29.7 Å². The van der Waals surface area contributed by atoms with Crippen molar-refractivity contribution in [3.05, 3.63) is 151 Å². The van der Waals surface area contributed by atoms with Crippen LogP contribution < -0.4 is 20.1 Å². The zero-order chi connectivity index (χ0) is 35.5. The van der Waals surface area contributed by atoms with Crippen LogP contribution in [0.15, 0.2) is 122 Å². The number of hydrogen-bond donors (Lipinski definition) is 2. The molecule has 11 nitrogen and oxygen atoms in total. The molecule has 6 rings (SSSR count). The standard InChI is InChI=1S/C18H13F3N4O2.C18H15N3O2/c1-18(20,21)16-4-2-3-15(25-16)17(26)24-12-5-11(19)6-13(7-12)27-14-8-22-10-23-9-14;1-13-4-2-5-14(8-13)18(22)21-15-6-3-7-16(9-15)23-17-10-19-12-20-11-17/h2-10H,1H3,(H,24,26);2-12H,1H3,(H,21,22). The summed E-state index contributed by atoms with van der Waals surface area (Å²) in [5, 5.41) is 5.27. The molecule has 2 amide bonds. The van der Waals surface area contributed by atoms with Crippen LogP contribution in [0.5, 0.6) is 23.0 Å². The Morgan fingerprint density at radius 1 is 0.660 bits per heavy atom. The molecule has 0 radical (unpaired) electrons. The average Bonchev–Trinajstić information content (AvgIpc) is 3.09. The van der Waals surface area contributed by atoms with Gasteiger partial charge in [0.2, 0.25) is 0 Å². The molecule has 0 saturated heterocycles. The predicted octanol–water partition coefficient (Wildman–Crippen LogP) is 8.00. The van der Waals surface area contributed by atoms with Crippen LogP contribution in [-0.2, 0) is 5.92 Å². The van der Waals surface area contributed by atoms with Gasteiger partial charge in [-0.15, -0.1) is 0 Å². The summed E-state index contributed by atoms with van der Waals surface area (Å²) < 4.78 is 51.6. The fourth-order valence-corrected chi connectivity index (χ4v) is 4.27. The van der Waals surface area contributed by atoms with E-state index in [0.717, 1.165) is 23.8 Å². The first-order chi connectivity index (χ1) is 24.0. The summed E-state index contributed by atoms with van der Waals surface area (Å²) in [6.07, 6.45) is 8.67. The highest BCUT2D eigenvalue weighted by Gasteiger charge is 2.27. The van der Waals surface area contributed by atoms with Gasteiger partial charge in [0.1, 0.15) is 41.4 Å². The Labute approximate surface area is 284 Å². The minimum Gasteiger partial charge on any atom is -0.454 e. The van der Waals surface area contributed by atoms with Gasteiger partial charge in [0.05, 0.1) is 24.8 Å². The molecule has 14 heteroatoms. The first-order valence-electron chi connectivity index (χ1n) is 14.8. The van der Waals surface area contributed by atoms with Crippen LogP contribution in [0, 0.1) is 12.7 Å². The van der Waals surface area contributed by atoms with Gasteiger partial charge >= 0.3 is 0 Å². The molecule has 0 saturated carbocycles. The second kappa shape index (κ2) is 15.9. The number of nitrogens with one attached hydrogen (secondary N) is 2. The van der Waals surface area contributed by atoms with Gasteiger partial charge in [-0.3, -0.25) is 9.59 Å². The summed E-state index contributed by atoms with van der Waals surface area (Å²) in [6, 6.07) is 21.8. The number of carbonyl (C=O) groups is 2. The zero-order valence-corrected chi connectivity index (χ0v) is 26.5. The van der Waals surface area contributed by atoms with Crippen molar-refractivity contribution < 1.29 is 32.2 Å². The molecule has 252 valence electrons. The van der Waals surface area contributed by atoms with Crippen molar-refractivity contribution in [2.45, 2.75) is 19.8 Å². The monoisotopic (exact) mass is 679 g/mol. The van der Waals surface area contributed by atoms with Crippen molar-refractivity contribution in [1.82, 2.24) is 24.9 Å². The lowest BCUT2D eigenvalue weighted by Gasteiger charge is -2.11. The number of rotatable bonds is 9. The average molecular weight is 680 g/mol. The molecule has 0 spiro atoms. The lowest BCUT2D eigenvalue weighted by Crippen LogP contribution is -2.17. The molecule has 3 aromatic carbocycles. The van der Waals surface area contributed by atoms with Gasteiger partial charge in [-0.25, -0.2) is 29.3 Å². The van der Waals surface area contributed by atoms with Gasteiger partial charge in [0.15, 0.2) is 11.5 Å². The van der Waals surface area contributed by atoms with Crippen molar-refractivity contribution >= 4 is 23.2 Å². The van der Waals surface area contributed by atoms with Crippen molar-refractivity contribution in [2.24, 2.45) is 0 Å². The summed E-state index contributed by atoms with van der Waals surface area (Å²) in [5.74, 6) is -3.26. The van der Waals surface area contributed by atoms with Gasteiger partial charge in [-0.05, 0) is 49.4 Å². The summed E-state index contributed by atoms with van der Waals surface area (Å²) in [5.41, 5.74) is 1.62. The number of ether oxygens (including phenoxy) is 2. The number of aromatic nitrogens is 5. The van der Waals surface area contributed by atoms with Gasteiger partial charge in [0.25, 0.3) is 17.7 Å². The van der Waals surface area contributed by atoms with Crippen molar-refractivity contribution in [3.63, 3.8) is 0 Å². The van der Waals surface area contributed by atoms with E-state index >= 15 is 0 Å². The fraction of sp³-hybridized carbons (Fsp3) is 0.0833. The van der Waals surface area contributed by atoms with Crippen LogP contribution in [0.4, 0.5) is 24.5 Å². The highest BCUT2D eigenvalue weighted by molar-refractivity contribution is 6.04. The lowest BCUT2D eigenvalue weighted by atomic mass is 10.1. The number of aryl methyl sites for hydroxylation is 1. The van der Waals surface area contributed by atoms with E-state index in [-0.39, 0.29) is 28.8 Å². The van der Waals surface area contributed by atoms with Crippen LogP contribution in [-0.4, -0.2) is 36.7 Å². The molecule has 6 aromatic rings. The predicted molar refractivity (Wildman–Crippen MR) is 178 cm³/mol. The Morgan fingerprint density at radius 3 is 1.92 bits per heavy atom. The molecule has 3 aromatic heterocycles. The quantitative estimate of drug-likeness (QED) is 0.156. The summed E-state index contributed by atoms with van der Waals surface area (Å²) >= 11 is 0. The number of alkyl halides is 2. The Kier molecular flexibility index (Phi) is 11.0. The molecule has 2 N–H and O–H groups in total. The third kappa shape index (κ3) is 10.1. The van der Waals surface area contributed by atoms with Gasteiger partial charge in [-0.2, -0.15) is 8.78 Å². The van der Waals surface area contributed by atoms with E-state index in [1.54, 1.807) is 30.6 Å². The van der Waals surface area contributed by atoms with Crippen molar-refractivity contribution in [3.8, 4) is 23.0 Å². The molecule has 0 atom stereocenters. The maximum Gasteiger partial charge on any atom is 0.287 e. The summed E-state index contributed by atoms with van der Waals surface area (Å²) in [7, 11) is 0. The van der Waals surface area contributed by atoms with E-state index in [1.165, 1.54) is 43.2 Å². The molecular formula is C36H28F3N7O4. The number of anilines is 2. The van der Waals surface area contributed by atoms with Crippen LogP contribution in [0.25, 0.3) is 0 Å². The summed E-state index contributed by atoms with van der Waals surface area (Å²) in [6.45, 7) is 2.63. The number of pyridine rings is 1. The van der Waals surface area contributed by atoms with Crippen LogP contribution in [0.2, 0.25) is 0 Å². The molecule has 50 heavy (non-hydrogen) atoms. The lowest BCUT2D eigenvalue weighted by molar-refractivity contribution is 0.0126. The number of benzene rings is 3. The Morgan fingerprint density at radius 2 is 1.26 bits per heavy atom. The van der Waals surface area contributed by atoms with Crippen LogP contribution in [0.3, 0.4) is 0 Å². The van der Waals surface area contributed by atoms with Gasteiger partial charge in [-0.1, -0.05) is 29.8 Å². The molecule has 0 unspecified atom stereocenters. The molecule has 0 fully saturated rings. The van der Waals surface area contributed by atoms with E-state index in [2.05, 4.69) is 35.6 Å². The first kappa shape index (κ1) is 34.6. The topological polar surface area (TPSA) is 141 Å². The molecular weight excluding hydrogens is 651 g/mol. The second-order valence-corrected chi connectivity index (χ2v) is 10.6. The van der Waals surface area contributed by atoms with Crippen LogP contribution in [0.1, 0.15) is 39.0 Å². The molecule has 0 aliphatic rings. The smallest absolute Gasteiger partial charge is 0.287 e. The van der Waals surface area contributed by atoms with Crippen molar-refractivity contribution in [2.75, 3.05) is 10.6 Å². The largest absolute Gasteiger partial charge is 0.454 e. The minimum absolute atomic E-state index is 0.0716. The number of nitrogens with zero attached hydrogens (tertiary/aromatic N) is 5. The highest BCUT2D eigenvalue weighted by atomic mass is 19.3. The molecule has 0 aliphatic heterocycles.